The molecule has 1 saturated heterocycles. The van der Waals surface area contributed by atoms with Crippen LogP contribution in [-0.2, 0) is 0 Å². The van der Waals surface area contributed by atoms with E-state index < -0.39 is 0 Å². The summed E-state index contributed by atoms with van der Waals surface area (Å²) < 4.78 is 0. The van der Waals surface area contributed by atoms with Crippen LogP contribution >= 0.6 is 0 Å². The van der Waals surface area contributed by atoms with Crippen LogP contribution in [0.25, 0.3) is 0 Å². The van der Waals surface area contributed by atoms with Crippen LogP contribution in [0.4, 0.5) is 0 Å². The van der Waals surface area contributed by atoms with Gasteiger partial charge in [-0.2, -0.15) is 0 Å². The van der Waals surface area contributed by atoms with Crippen LogP contribution in [0.15, 0.2) is 0 Å². The Labute approximate surface area is 93.4 Å². The highest BCUT2D eigenvalue weighted by Gasteiger charge is 2.31. The van der Waals surface area contributed by atoms with Crippen LogP contribution in [0.2, 0.25) is 0 Å². The minimum Gasteiger partial charge on any atom is -0.329 e. The van der Waals surface area contributed by atoms with E-state index in [4.69, 9.17) is 12.2 Å². The van der Waals surface area contributed by atoms with Crippen molar-refractivity contribution in [1.82, 2.24) is 10.2 Å². The fraction of sp³-hybridized carbons (Fsp3) is 0.833. The highest BCUT2D eigenvalue weighted by Crippen LogP contribution is 2.20. The maximum Gasteiger partial charge on any atom is 0.0328 e. The zero-order valence-electron chi connectivity index (χ0n) is 9.76. The summed E-state index contributed by atoms with van der Waals surface area (Å²) in [5, 5.41) is 3.54. The van der Waals surface area contributed by atoms with Crippen molar-refractivity contribution >= 4 is 0 Å². The lowest BCUT2D eigenvalue weighted by atomic mass is 9.87. The monoisotopic (exact) mass is 209 g/mol. The number of piperidine rings is 1. The van der Waals surface area contributed by atoms with Gasteiger partial charge in [-0.15, -0.1) is 12.3 Å². The van der Waals surface area contributed by atoms with Gasteiger partial charge in [0.15, 0.2) is 0 Å². The van der Waals surface area contributed by atoms with E-state index >= 15 is 0 Å². The van der Waals surface area contributed by atoms with Gasteiger partial charge in [0.25, 0.3) is 0 Å². The van der Waals surface area contributed by atoms with Gasteiger partial charge in [0.1, 0.15) is 0 Å². The van der Waals surface area contributed by atoms with Crippen molar-refractivity contribution < 1.29 is 0 Å². The van der Waals surface area contributed by atoms with Crippen molar-refractivity contribution in [3.63, 3.8) is 0 Å². The molecule has 0 aromatic carbocycles. The van der Waals surface area contributed by atoms with Crippen LogP contribution < -0.4 is 11.1 Å². The minimum absolute atomic E-state index is 0.141. The molecule has 0 aromatic rings. The molecule has 0 spiro atoms. The normalized spacial score (nSPS) is 21.1. The van der Waals surface area contributed by atoms with Crippen molar-refractivity contribution in [2.45, 2.75) is 31.7 Å². The van der Waals surface area contributed by atoms with E-state index in [9.17, 15) is 0 Å². The molecular weight excluding hydrogens is 186 g/mol. The SMILES string of the molecule is C#CCCNC1(CN)CCN(CC)CC1. The summed E-state index contributed by atoms with van der Waals surface area (Å²) in [6, 6.07) is 0. The molecule has 0 aliphatic carbocycles. The Hall–Kier alpha value is -0.560. The van der Waals surface area contributed by atoms with Crippen molar-refractivity contribution in [1.29, 1.82) is 0 Å². The zero-order valence-corrected chi connectivity index (χ0v) is 9.76. The van der Waals surface area contributed by atoms with E-state index in [0.717, 1.165) is 52.0 Å². The fourth-order valence-electron chi connectivity index (χ4n) is 2.15. The smallest absolute Gasteiger partial charge is 0.0328 e. The summed E-state index contributed by atoms with van der Waals surface area (Å²) in [7, 11) is 0. The van der Waals surface area contributed by atoms with Crippen LogP contribution in [0.5, 0.6) is 0 Å². The van der Waals surface area contributed by atoms with Gasteiger partial charge < -0.3 is 16.0 Å². The van der Waals surface area contributed by atoms with Gasteiger partial charge in [0.2, 0.25) is 0 Å². The molecule has 0 bridgehead atoms. The van der Waals surface area contributed by atoms with E-state index in [1.165, 1.54) is 0 Å². The summed E-state index contributed by atoms with van der Waals surface area (Å²) in [6.45, 7) is 7.26. The molecule has 0 atom stereocenters. The number of hydrogen-bond acceptors (Lipinski definition) is 3. The zero-order chi connectivity index (χ0) is 11.1. The number of nitrogens with two attached hydrogens (primary N) is 1. The Morgan fingerprint density at radius 2 is 2.13 bits per heavy atom. The average molecular weight is 209 g/mol. The molecule has 3 nitrogen and oxygen atoms in total. The van der Waals surface area contributed by atoms with Gasteiger partial charge in [-0.25, -0.2) is 0 Å². The van der Waals surface area contributed by atoms with Gasteiger partial charge in [-0.05, 0) is 32.5 Å². The first-order valence-corrected chi connectivity index (χ1v) is 5.87. The average Bonchev–Trinajstić information content (AvgIpc) is 2.30. The Bertz CT molecular complexity index is 211. The number of terminal acetylenes is 1. The van der Waals surface area contributed by atoms with Crippen LogP contribution in [0.1, 0.15) is 26.2 Å². The van der Waals surface area contributed by atoms with Gasteiger partial charge in [-0.3, -0.25) is 0 Å². The second-order valence-electron chi connectivity index (χ2n) is 4.30. The molecule has 0 saturated carbocycles. The highest BCUT2D eigenvalue weighted by atomic mass is 15.2. The third-order valence-electron chi connectivity index (χ3n) is 3.42. The molecule has 1 aliphatic heterocycles. The van der Waals surface area contributed by atoms with Crippen molar-refractivity contribution in [3.05, 3.63) is 0 Å². The molecule has 1 aliphatic rings. The first-order valence-electron chi connectivity index (χ1n) is 5.87. The van der Waals surface area contributed by atoms with Crippen LogP contribution in [-0.4, -0.2) is 43.2 Å². The molecule has 3 heteroatoms. The topological polar surface area (TPSA) is 41.3 Å². The molecule has 0 aromatic heterocycles. The van der Waals surface area contributed by atoms with Gasteiger partial charge in [0.05, 0.1) is 0 Å². The second-order valence-corrected chi connectivity index (χ2v) is 4.30. The number of nitrogens with one attached hydrogen (secondary N) is 1. The van der Waals surface area contributed by atoms with E-state index in [1.807, 2.05) is 0 Å². The number of likely N-dealkylation sites (tertiary alicyclic amines) is 1. The Morgan fingerprint density at radius 3 is 2.60 bits per heavy atom. The largest absolute Gasteiger partial charge is 0.329 e. The standard InChI is InChI=1S/C12H23N3/c1-3-5-8-14-12(11-13)6-9-15(4-2)10-7-12/h1,14H,4-11,13H2,2H3. The lowest BCUT2D eigenvalue weighted by Crippen LogP contribution is -2.57. The van der Waals surface area contributed by atoms with E-state index in [1.54, 1.807) is 0 Å². The summed E-state index contributed by atoms with van der Waals surface area (Å²) in [4.78, 5) is 2.47. The van der Waals surface area contributed by atoms with Crippen LogP contribution in [0.3, 0.4) is 0 Å². The van der Waals surface area contributed by atoms with Gasteiger partial charge in [0, 0.05) is 25.0 Å². The Morgan fingerprint density at radius 1 is 1.47 bits per heavy atom. The molecule has 0 amide bonds. The van der Waals surface area contributed by atoms with Gasteiger partial charge >= 0.3 is 0 Å². The molecule has 86 valence electrons. The lowest BCUT2D eigenvalue weighted by molar-refractivity contribution is 0.145. The van der Waals surface area contributed by atoms with E-state index in [2.05, 4.69) is 23.1 Å². The van der Waals surface area contributed by atoms with Crippen molar-refractivity contribution in [2.75, 3.05) is 32.7 Å². The maximum absolute atomic E-state index is 5.87. The summed E-state index contributed by atoms with van der Waals surface area (Å²) >= 11 is 0. The number of nitrogens with zero attached hydrogens (tertiary/aromatic N) is 1. The Balaban J connectivity index is 2.38. The predicted molar refractivity (Wildman–Crippen MR) is 64.6 cm³/mol. The summed E-state index contributed by atoms with van der Waals surface area (Å²) in [5.74, 6) is 2.65. The van der Waals surface area contributed by atoms with E-state index in [-0.39, 0.29) is 5.54 Å². The molecule has 3 N–H and O–H groups in total. The predicted octanol–water partition coefficient (Wildman–Crippen LogP) is 0.413. The molecule has 1 heterocycles. The first-order chi connectivity index (χ1) is 7.26. The third kappa shape index (κ3) is 3.49. The van der Waals surface area contributed by atoms with E-state index in [0.29, 0.717) is 0 Å². The number of rotatable bonds is 5. The summed E-state index contributed by atoms with van der Waals surface area (Å²) in [5.41, 5.74) is 6.02. The summed E-state index contributed by atoms with van der Waals surface area (Å²) in [6.07, 6.45) is 8.32. The van der Waals surface area contributed by atoms with Crippen LogP contribution in [0, 0.1) is 12.3 Å². The fourth-order valence-corrected chi connectivity index (χ4v) is 2.15. The quantitative estimate of drug-likeness (QED) is 0.509. The lowest BCUT2D eigenvalue weighted by Gasteiger charge is -2.41. The second kappa shape index (κ2) is 6.12. The molecule has 15 heavy (non-hydrogen) atoms. The van der Waals surface area contributed by atoms with Gasteiger partial charge in [-0.1, -0.05) is 6.92 Å². The molecule has 1 rings (SSSR count). The Kier molecular flexibility index (Phi) is 5.10. The number of hydrogen-bond donors (Lipinski definition) is 2. The highest BCUT2D eigenvalue weighted by molar-refractivity contribution is 4.95. The third-order valence-corrected chi connectivity index (χ3v) is 3.42. The van der Waals surface area contributed by atoms with Crippen molar-refractivity contribution in [2.24, 2.45) is 5.73 Å². The molecular formula is C12H23N3. The first kappa shape index (κ1) is 12.5. The molecule has 1 fully saturated rings. The van der Waals surface area contributed by atoms with Crippen molar-refractivity contribution in [3.8, 4) is 12.3 Å². The maximum atomic E-state index is 5.87. The molecule has 0 unspecified atom stereocenters. The molecule has 0 radical (unpaired) electrons. The minimum atomic E-state index is 0.141.